The van der Waals surface area contributed by atoms with E-state index in [1.807, 2.05) is 36.6 Å². The number of benzene rings is 1. The molecule has 2 heterocycles. The van der Waals surface area contributed by atoms with Crippen LogP contribution in [0.1, 0.15) is 17.7 Å². The molecule has 6 nitrogen and oxygen atoms in total. The predicted molar refractivity (Wildman–Crippen MR) is 102 cm³/mol. The molecule has 0 bridgehead atoms. The van der Waals surface area contributed by atoms with Gasteiger partial charge < -0.3 is 9.47 Å². The number of thiazole rings is 1. The van der Waals surface area contributed by atoms with Crippen LogP contribution < -0.4 is 10.2 Å². The molecule has 1 aromatic carbocycles. The third-order valence-electron chi connectivity index (χ3n) is 3.86. The number of hydrazone groups is 1. The number of ether oxygens (including phenoxy) is 2. The maximum atomic E-state index is 5.80. The van der Waals surface area contributed by atoms with Crippen LogP contribution >= 0.6 is 11.3 Å². The van der Waals surface area contributed by atoms with Gasteiger partial charge in [0.1, 0.15) is 5.75 Å². The van der Waals surface area contributed by atoms with Crippen LogP contribution in [0.2, 0.25) is 0 Å². The molecular weight excluding hydrogens is 336 g/mol. The average Bonchev–Trinajstić information content (AvgIpc) is 3.06. The second-order valence-electron chi connectivity index (χ2n) is 5.89. The Hall–Kier alpha value is -1.96. The Bertz CT molecular complexity index is 666. The Morgan fingerprint density at radius 3 is 2.84 bits per heavy atom. The van der Waals surface area contributed by atoms with Crippen LogP contribution in [-0.2, 0) is 4.74 Å². The van der Waals surface area contributed by atoms with Crippen molar-refractivity contribution < 1.29 is 9.47 Å². The third-order valence-corrected chi connectivity index (χ3v) is 4.73. The molecular formula is C18H24N4O2S. The molecule has 1 saturated heterocycles. The lowest BCUT2D eigenvalue weighted by molar-refractivity contribution is 0.0358. The van der Waals surface area contributed by atoms with Crippen LogP contribution in [0.3, 0.4) is 0 Å². The highest BCUT2D eigenvalue weighted by Gasteiger charge is 2.09. The Morgan fingerprint density at radius 1 is 1.32 bits per heavy atom. The fourth-order valence-electron chi connectivity index (χ4n) is 2.52. The Kier molecular flexibility index (Phi) is 6.79. The minimum Gasteiger partial charge on any atom is -0.494 e. The molecule has 0 aliphatic carbocycles. The summed E-state index contributed by atoms with van der Waals surface area (Å²) >= 11 is 1.54. The van der Waals surface area contributed by atoms with Crippen molar-refractivity contribution in [2.75, 3.05) is 44.9 Å². The number of aryl methyl sites for hydroxylation is 1. The van der Waals surface area contributed by atoms with Crippen molar-refractivity contribution in [2.45, 2.75) is 13.3 Å². The molecule has 0 spiro atoms. The normalized spacial score (nSPS) is 15.6. The summed E-state index contributed by atoms with van der Waals surface area (Å²) in [6, 6.07) is 7.94. The quantitative estimate of drug-likeness (QED) is 0.445. The number of hydrogen-bond donors (Lipinski definition) is 1. The van der Waals surface area contributed by atoms with Gasteiger partial charge in [-0.1, -0.05) is 0 Å². The standard InChI is InChI=1S/C18H24N4O2S/c1-15-14-25-18(20-15)21-19-13-16-3-5-17(6-4-16)24-10-2-7-22-8-11-23-12-9-22/h3-6,13-14H,2,7-12H2,1H3,(H,20,21). The number of nitrogens with one attached hydrogen (secondary N) is 1. The highest BCUT2D eigenvalue weighted by atomic mass is 32.1. The van der Waals surface area contributed by atoms with E-state index in [1.165, 1.54) is 0 Å². The molecule has 0 amide bonds. The van der Waals surface area contributed by atoms with Gasteiger partial charge in [-0.15, -0.1) is 11.3 Å². The number of rotatable bonds is 8. The van der Waals surface area contributed by atoms with Gasteiger partial charge in [-0.2, -0.15) is 5.10 Å². The van der Waals surface area contributed by atoms with E-state index in [0.29, 0.717) is 0 Å². The van der Waals surface area contributed by atoms with E-state index in [9.17, 15) is 0 Å². The van der Waals surface area contributed by atoms with Gasteiger partial charge in [-0.3, -0.25) is 10.3 Å². The lowest BCUT2D eigenvalue weighted by atomic mass is 10.2. The monoisotopic (exact) mass is 360 g/mol. The second kappa shape index (κ2) is 9.50. The minimum absolute atomic E-state index is 0.732. The SMILES string of the molecule is Cc1csc(NN=Cc2ccc(OCCCN3CCOCC3)cc2)n1. The van der Waals surface area contributed by atoms with Gasteiger partial charge in [0.15, 0.2) is 0 Å². The summed E-state index contributed by atoms with van der Waals surface area (Å²) in [4.78, 5) is 6.71. The summed E-state index contributed by atoms with van der Waals surface area (Å²) in [5, 5.41) is 6.99. The van der Waals surface area contributed by atoms with Crippen molar-refractivity contribution in [3.63, 3.8) is 0 Å². The van der Waals surface area contributed by atoms with Gasteiger partial charge in [0, 0.05) is 25.0 Å². The molecule has 1 fully saturated rings. The summed E-state index contributed by atoms with van der Waals surface area (Å²) in [6.45, 7) is 7.52. The van der Waals surface area contributed by atoms with Gasteiger partial charge in [-0.25, -0.2) is 4.98 Å². The Labute approximate surface area is 152 Å². The van der Waals surface area contributed by atoms with Crippen molar-refractivity contribution in [1.29, 1.82) is 0 Å². The first-order chi connectivity index (χ1) is 12.3. The number of nitrogens with zero attached hydrogens (tertiary/aromatic N) is 3. The van der Waals surface area contributed by atoms with E-state index in [1.54, 1.807) is 17.6 Å². The van der Waals surface area contributed by atoms with E-state index >= 15 is 0 Å². The van der Waals surface area contributed by atoms with Gasteiger partial charge in [0.2, 0.25) is 5.13 Å². The van der Waals surface area contributed by atoms with E-state index in [4.69, 9.17) is 9.47 Å². The minimum atomic E-state index is 0.732. The van der Waals surface area contributed by atoms with Crippen LogP contribution in [0.25, 0.3) is 0 Å². The molecule has 1 aromatic heterocycles. The highest BCUT2D eigenvalue weighted by Crippen LogP contribution is 2.14. The maximum absolute atomic E-state index is 5.80. The molecule has 0 unspecified atom stereocenters. The summed E-state index contributed by atoms with van der Waals surface area (Å²) in [5.41, 5.74) is 4.95. The molecule has 0 radical (unpaired) electrons. The average molecular weight is 360 g/mol. The largest absolute Gasteiger partial charge is 0.494 e. The topological polar surface area (TPSA) is 59.0 Å². The first-order valence-corrected chi connectivity index (χ1v) is 9.42. The first kappa shape index (κ1) is 17.8. The van der Waals surface area contributed by atoms with Crippen LogP contribution in [0, 0.1) is 6.92 Å². The predicted octanol–water partition coefficient (Wildman–Crippen LogP) is 3.00. The summed E-state index contributed by atoms with van der Waals surface area (Å²) in [7, 11) is 0. The van der Waals surface area contributed by atoms with Crippen LogP contribution in [0.4, 0.5) is 5.13 Å². The van der Waals surface area contributed by atoms with Gasteiger partial charge in [0.05, 0.1) is 31.7 Å². The third kappa shape index (κ3) is 6.12. The van der Waals surface area contributed by atoms with E-state index in [2.05, 4.69) is 20.4 Å². The summed E-state index contributed by atoms with van der Waals surface area (Å²) in [5.74, 6) is 0.891. The fraction of sp³-hybridized carbons (Fsp3) is 0.444. The van der Waals surface area contributed by atoms with E-state index in [-0.39, 0.29) is 0 Å². The van der Waals surface area contributed by atoms with E-state index < -0.39 is 0 Å². The van der Waals surface area contributed by atoms with Crippen molar-refractivity contribution in [3.05, 3.63) is 40.9 Å². The van der Waals surface area contributed by atoms with Crippen molar-refractivity contribution in [1.82, 2.24) is 9.88 Å². The zero-order valence-corrected chi connectivity index (χ0v) is 15.3. The molecule has 1 aliphatic rings. The Morgan fingerprint density at radius 2 is 2.12 bits per heavy atom. The van der Waals surface area contributed by atoms with Crippen molar-refractivity contribution in [3.8, 4) is 5.75 Å². The van der Waals surface area contributed by atoms with Crippen molar-refractivity contribution in [2.24, 2.45) is 5.10 Å². The zero-order chi connectivity index (χ0) is 17.3. The van der Waals surface area contributed by atoms with Crippen LogP contribution in [0.15, 0.2) is 34.7 Å². The number of hydrogen-bond acceptors (Lipinski definition) is 7. The fourth-order valence-corrected chi connectivity index (χ4v) is 3.16. The van der Waals surface area contributed by atoms with E-state index in [0.717, 1.165) is 68.0 Å². The van der Waals surface area contributed by atoms with Gasteiger partial charge >= 0.3 is 0 Å². The summed E-state index contributed by atoms with van der Waals surface area (Å²) < 4.78 is 11.2. The molecule has 3 rings (SSSR count). The molecule has 25 heavy (non-hydrogen) atoms. The first-order valence-electron chi connectivity index (χ1n) is 8.54. The molecule has 0 saturated carbocycles. The van der Waals surface area contributed by atoms with Gasteiger partial charge in [0.25, 0.3) is 0 Å². The molecule has 1 N–H and O–H groups in total. The zero-order valence-electron chi connectivity index (χ0n) is 14.5. The molecule has 134 valence electrons. The number of aromatic nitrogens is 1. The van der Waals surface area contributed by atoms with Crippen molar-refractivity contribution >= 4 is 22.7 Å². The lowest BCUT2D eigenvalue weighted by Crippen LogP contribution is -2.37. The second-order valence-corrected chi connectivity index (χ2v) is 6.75. The molecule has 1 aliphatic heterocycles. The molecule has 0 atom stereocenters. The maximum Gasteiger partial charge on any atom is 0.203 e. The highest BCUT2D eigenvalue weighted by molar-refractivity contribution is 7.13. The van der Waals surface area contributed by atoms with Crippen LogP contribution in [-0.4, -0.2) is 55.6 Å². The number of anilines is 1. The Balaban J connectivity index is 1.36. The van der Waals surface area contributed by atoms with Crippen LogP contribution in [0.5, 0.6) is 5.75 Å². The molecule has 7 heteroatoms. The lowest BCUT2D eigenvalue weighted by Gasteiger charge is -2.26. The molecule has 2 aromatic rings. The summed E-state index contributed by atoms with van der Waals surface area (Å²) in [6.07, 6.45) is 2.80. The van der Waals surface area contributed by atoms with Gasteiger partial charge in [-0.05, 0) is 43.2 Å². The number of morpholine rings is 1. The smallest absolute Gasteiger partial charge is 0.203 e.